The molecule has 1 aromatic heterocycles. The van der Waals surface area contributed by atoms with E-state index in [4.69, 9.17) is 10.5 Å². The third kappa shape index (κ3) is 6.01. The fraction of sp³-hybridized carbons (Fsp3) is 0.118. The highest BCUT2D eigenvalue weighted by molar-refractivity contribution is 5.91. The molecule has 0 radical (unpaired) electrons. The average Bonchev–Trinajstić information content (AvgIpc) is 2.58. The van der Waals surface area contributed by atoms with E-state index in [0.29, 0.717) is 12.3 Å². The van der Waals surface area contributed by atoms with Crippen LogP contribution in [0.5, 0.6) is 5.75 Å². The number of amides is 2. The van der Waals surface area contributed by atoms with Crippen LogP contribution in [0.4, 0.5) is 0 Å². The van der Waals surface area contributed by atoms with E-state index in [-0.39, 0.29) is 12.5 Å². The number of primary amides is 1. The Kier molecular flexibility index (Phi) is 5.88. The second kappa shape index (κ2) is 8.33. The van der Waals surface area contributed by atoms with E-state index in [0.717, 1.165) is 11.1 Å². The number of nitrogens with zero attached hydrogens (tertiary/aromatic N) is 1. The number of benzene rings is 1. The molecule has 3 N–H and O–H groups in total. The van der Waals surface area contributed by atoms with Gasteiger partial charge in [0.15, 0.2) is 6.61 Å². The van der Waals surface area contributed by atoms with Crippen LogP contribution >= 0.6 is 0 Å². The number of pyridine rings is 1. The van der Waals surface area contributed by atoms with Crippen molar-refractivity contribution >= 4 is 17.9 Å². The van der Waals surface area contributed by atoms with Crippen molar-refractivity contribution in [1.82, 2.24) is 10.3 Å². The summed E-state index contributed by atoms with van der Waals surface area (Å²) in [5, 5.41) is 2.77. The molecule has 6 heteroatoms. The highest BCUT2D eigenvalue weighted by atomic mass is 16.5. The molecule has 118 valence electrons. The lowest BCUT2D eigenvalue weighted by Crippen LogP contribution is -2.20. The smallest absolute Gasteiger partial charge is 0.255 e. The minimum atomic E-state index is -0.528. The maximum atomic E-state index is 11.7. The Morgan fingerprint density at radius 1 is 1.22 bits per heavy atom. The molecule has 0 atom stereocenters. The fourth-order valence-corrected chi connectivity index (χ4v) is 1.75. The molecule has 0 aliphatic heterocycles. The van der Waals surface area contributed by atoms with Gasteiger partial charge in [0, 0.05) is 25.0 Å². The van der Waals surface area contributed by atoms with E-state index >= 15 is 0 Å². The van der Waals surface area contributed by atoms with Gasteiger partial charge in [-0.15, -0.1) is 0 Å². The molecule has 0 aliphatic rings. The van der Waals surface area contributed by atoms with Crippen molar-refractivity contribution in [2.24, 2.45) is 5.73 Å². The first-order chi connectivity index (χ1) is 11.1. The van der Waals surface area contributed by atoms with Crippen molar-refractivity contribution in [3.8, 4) is 5.75 Å². The van der Waals surface area contributed by atoms with Gasteiger partial charge in [-0.1, -0.05) is 18.2 Å². The maximum Gasteiger partial charge on any atom is 0.255 e. The summed E-state index contributed by atoms with van der Waals surface area (Å²) >= 11 is 0. The first-order valence-electron chi connectivity index (χ1n) is 6.99. The second-order valence-electron chi connectivity index (χ2n) is 4.74. The van der Waals surface area contributed by atoms with Gasteiger partial charge in [0.2, 0.25) is 5.91 Å². The summed E-state index contributed by atoms with van der Waals surface area (Å²) in [6.07, 6.45) is 6.53. The summed E-state index contributed by atoms with van der Waals surface area (Å²) in [6, 6.07) is 10.7. The predicted molar refractivity (Wildman–Crippen MR) is 86.2 cm³/mol. The van der Waals surface area contributed by atoms with Crippen LogP contribution in [0, 0.1) is 0 Å². The molecule has 2 rings (SSSR count). The Morgan fingerprint density at radius 3 is 2.65 bits per heavy atom. The van der Waals surface area contributed by atoms with E-state index < -0.39 is 5.91 Å². The SMILES string of the molecule is NC(=O)COc1ccc(/C=C/C(=O)NCc2cccnc2)cc1. The molecule has 2 aromatic rings. The van der Waals surface area contributed by atoms with Gasteiger partial charge in [-0.3, -0.25) is 14.6 Å². The minimum Gasteiger partial charge on any atom is -0.484 e. The standard InChI is InChI=1S/C17H17N3O3/c18-16(21)12-23-15-6-3-13(4-7-15)5-8-17(22)20-11-14-2-1-9-19-10-14/h1-10H,11-12H2,(H2,18,21)(H,20,22)/b8-5+. The quantitative estimate of drug-likeness (QED) is 0.753. The molecular formula is C17H17N3O3. The molecule has 23 heavy (non-hydrogen) atoms. The van der Waals surface area contributed by atoms with E-state index in [1.807, 2.05) is 12.1 Å². The minimum absolute atomic E-state index is 0.161. The van der Waals surface area contributed by atoms with Gasteiger partial charge in [-0.25, -0.2) is 0 Å². The molecule has 1 aromatic carbocycles. The van der Waals surface area contributed by atoms with E-state index in [1.165, 1.54) is 6.08 Å². The summed E-state index contributed by atoms with van der Waals surface area (Å²) in [5.74, 6) is -0.177. The molecule has 1 heterocycles. The summed E-state index contributed by atoms with van der Waals surface area (Å²) in [5.41, 5.74) is 6.77. The Balaban J connectivity index is 1.82. The second-order valence-corrected chi connectivity index (χ2v) is 4.74. The van der Waals surface area contributed by atoms with E-state index in [9.17, 15) is 9.59 Å². The third-order valence-electron chi connectivity index (χ3n) is 2.88. The largest absolute Gasteiger partial charge is 0.484 e. The molecule has 0 saturated heterocycles. The van der Waals surface area contributed by atoms with Crippen LogP contribution in [0.3, 0.4) is 0 Å². The molecule has 2 amide bonds. The number of ether oxygens (including phenoxy) is 1. The highest BCUT2D eigenvalue weighted by Gasteiger charge is 1.99. The number of rotatable bonds is 7. The number of carbonyl (C=O) groups is 2. The number of carbonyl (C=O) groups excluding carboxylic acids is 2. The first kappa shape index (κ1) is 16.2. The van der Waals surface area contributed by atoms with Crippen molar-refractivity contribution in [3.05, 3.63) is 66.0 Å². The number of aromatic nitrogens is 1. The van der Waals surface area contributed by atoms with Crippen LogP contribution in [0.25, 0.3) is 6.08 Å². The number of hydrogen-bond donors (Lipinski definition) is 2. The molecule has 0 unspecified atom stereocenters. The van der Waals surface area contributed by atoms with Crippen LogP contribution in [0.15, 0.2) is 54.9 Å². The molecule has 6 nitrogen and oxygen atoms in total. The highest BCUT2D eigenvalue weighted by Crippen LogP contribution is 2.13. The molecule has 0 saturated carbocycles. The predicted octanol–water partition coefficient (Wildman–Crippen LogP) is 1.28. The lowest BCUT2D eigenvalue weighted by Gasteiger charge is -2.03. The number of nitrogens with two attached hydrogens (primary N) is 1. The van der Waals surface area contributed by atoms with Crippen molar-refractivity contribution in [3.63, 3.8) is 0 Å². The Bertz CT molecular complexity index is 682. The summed E-state index contributed by atoms with van der Waals surface area (Å²) in [7, 11) is 0. The van der Waals surface area contributed by atoms with Gasteiger partial charge in [-0.2, -0.15) is 0 Å². The maximum absolute atomic E-state index is 11.7. The lowest BCUT2D eigenvalue weighted by molar-refractivity contribution is -0.120. The average molecular weight is 311 g/mol. The fourth-order valence-electron chi connectivity index (χ4n) is 1.75. The first-order valence-corrected chi connectivity index (χ1v) is 6.99. The third-order valence-corrected chi connectivity index (χ3v) is 2.88. The topological polar surface area (TPSA) is 94.3 Å². The van der Waals surface area contributed by atoms with Crippen molar-refractivity contribution in [1.29, 1.82) is 0 Å². The van der Waals surface area contributed by atoms with Crippen LogP contribution in [0.1, 0.15) is 11.1 Å². The van der Waals surface area contributed by atoms with Crippen molar-refractivity contribution in [2.75, 3.05) is 6.61 Å². The summed E-state index contributed by atoms with van der Waals surface area (Å²) in [6.45, 7) is 0.267. The zero-order valence-electron chi connectivity index (χ0n) is 12.4. The zero-order chi connectivity index (χ0) is 16.5. The van der Waals surface area contributed by atoms with Crippen molar-refractivity contribution < 1.29 is 14.3 Å². The summed E-state index contributed by atoms with van der Waals surface area (Å²) in [4.78, 5) is 26.3. The number of hydrogen-bond acceptors (Lipinski definition) is 4. The Morgan fingerprint density at radius 2 is 2.00 bits per heavy atom. The molecule has 0 bridgehead atoms. The van der Waals surface area contributed by atoms with E-state index in [2.05, 4.69) is 10.3 Å². The Labute approximate surface area is 134 Å². The molecular weight excluding hydrogens is 294 g/mol. The molecule has 0 fully saturated rings. The normalized spacial score (nSPS) is 10.4. The van der Waals surface area contributed by atoms with Crippen molar-refractivity contribution in [2.45, 2.75) is 6.54 Å². The van der Waals surface area contributed by atoms with E-state index in [1.54, 1.807) is 42.7 Å². The monoisotopic (exact) mass is 311 g/mol. The Hall–Kier alpha value is -3.15. The van der Waals surface area contributed by atoms with Gasteiger partial charge in [0.05, 0.1) is 0 Å². The van der Waals surface area contributed by atoms with Gasteiger partial charge in [0.1, 0.15) is 5.75 Å². The van der Waals surface area contributed by atoms with Crippen LogP contribution in [-0.2, 0) is 16.1 Å². The molecule has 0 spiro atoms. The van der Waals surface area contributed by atoms with Gasteiger partial charge in [0.25, 0.3) is 5.91 Å². The van der Waals surface area contributed by atoms with Gasteiger partial charge in [-0.05, 0) is 35.4 Å². The van der Waals surface area contributed by atoms with Crippen LogP contribution in [0.2, 0.25) is 0 Å². The van der Waals surface area contributed by atoms with Crippen LogP contribution in [-0.4, -0.2) is 23.4 Å². The molecule has 0 aliphatic carbocycles. The zero-order valence-corrected chi connectivity index (χ0v) is 12.4. The summed E-state index contributed by atoms with van der Waals surface area (Å²) < 4.78 is 5.15. The lowest BCUT2D eigenvalue weighted by atomic mass is 10.2. The van der Waals surface area contributed by atoms with Gasteiger partial charge >= 0.3 is 0 Å². The number of nitrogens with one attached hydrogen (secondary N) is 1. The van der Waals surface area contributed by atoms with Gasteiger partial charge < -0.3 is 15.8 Å². The van der Waals surface area contributed by atoms with Crippen LogP contribution < -0.4 is 15.8 Å².